The Morgan fingerprint density at radius 3 is 2.79 bits per heavy atom. The van der Waals surface area contributed by atoms with Crippen molar-refractivity contribution < 1.29 is 0 Å². The van der Waals surface area contributed by atoms with E-state index in [0.29, 0.717) is 6.04 Å². The van der Waals surface area contributed by atoms with Gasteiger partial charge in [0.05, 0.1) is 0 Å². The summed E-state index contributed by atoms with van der Waals surface area (Å²) in [7, 11) is 0. The summed E-state index contributed by atoms with van der Waals surface area (Å²) in [4.78, 5) is 0. The maximum atomic E-state index is 3.44. The maximum Gasteiger partial charge on any atom is 0.0332 e. The Morgan fingerprint density at radius 1 is 1.43 bits per heavy atom. The van der Waals surface area contributed by atoms with E-state index in [2.05, 4.69) is 43.4 Å². The Labute approximate surface area is 86.5 Å². The van der Waals surface area contributed by atoms with E-state index >= 15 is 0 Å². The third-order valence-corrected chi connectivity index (χ3v) is 2.82. The monoisotopic (exact) mass is 189 g/mol. The van der Waals surface area contributed by atoms with Crippen molar-refractivity contribution in [2.24, 2.45) is 5.92 Å². The molecule has 0 radical (unpaired) electrons. The van der Waals surface area contributed by atoms with Crippen molar-refractivity contribution in [1.29, 1.82) is 0 Å². The minimum absolute atomic E-state index is 0.627. The summed E-state index contributed by atoms with van der Waals surface area (Å²) in [5.74, 6) is 0.750. The standard InChI is InChI=1S/C13H19N/c1-10(2)8-11-4-3-5-12(9-11)13-6-7-14-13/h3-5,9-10,13-14H,6-8H2,1-2H3/t13-/m1/s1. The molecule has 1 N–H and O–H groups in total. The van der Waals surface area contributed by atoms with Gasteiger partial charge in [0.15, 0.2) is 0 Å². The van der Waals surface area contributed by atoms with Crippen molar-refractivity contribution in [1.82, 2.24) is 5.32 Å². The van der Waals surface area contributed by atoms with Crippen molar-refractivity contribution in [3.63, 3.8) is 0 Å². The Kier molecular flexibility index (Phi) is 2.87. The van der Waals surface area contributed by atoms with Crippen molar-refractivity contribution in [2.45, 2.75) is 32.7 Å². The van der Waals surface area contributed by atoms with Gasteiger partial charge in [0.1, 0.15) is 0 Å². The number of benzene rings is 1. The van der Waals surface area contributed by atoms with Crippen LogP contribution in [0.5, 0.6) is 0 Å². The van der Waals surface area contributed by atoms with E-state index in [4.69, 9.17) is 0 Å². The second-order valence-electron chi connectivity index (χ2n) is 4.64. The van der Waals surface area contributed by atoms with Crippen LogP contribution in [0, 0.1) is 5.92 Å². The van der Waals surface area contributed by atoms with E-state index in [1.165, 1.54) is 30.5 Å². The molecule has 1 saturated heterocycles. The molecule has 0 amide bonds. The quantitative estimate of drug-likeness (QED) is 0.771. The first-order valence-corrected chi connectivity index (χ1v) is 5.58. The van der Waals surface area contributed by atoms with Gasteiger partial charge in [-0.25, -0.2) is 0 Å². The highest BCUT2D eigenvalue weighted by molar-refractivity contribution is 5.27. The Bertz CT molecular complexity index is 300. The molecule has 1 heteroatoms. The van der Waals surface area contributed by atoms with Gasteiger partial charge in [-0.1, -0.05) is 38.1 Å². The summed E-state index contributed by atoms with van der Waals surface area (Å²) in [6, 6.07) is 9.65. The van der Waals surface area contributed by atoms with Crippen LogP contribution in [0.25, 0.3) is 0 Å². The van der Waals surface area contributed by atoms with Gasteiger partial charge in [-0.2, -0.15) is 0 Å². The molecule has 1 fully saturated rings. The van der Waals surface area contributed by atoms with Gasteiger partial charge < -0.3 is 5.32 Å². The largest absolute Gasteiger partial charge is 0.310 e. The molecule has 1 aromatic carbocycles. The van der Waals surface area contributed by atoms with E-state index < -0.39 is 0 Å². The summed E-state index contributed by atoms with van der Waals surface area (Å²) in [6.07, 6.45) is 2.49. The zero-order valence-corrected chi connectivity index (χ0v) is 9.09. The lowest BCUT2D eigenvalue weighted by molar-refractivity contribution is 0.383. The molecule has 14 heavy (non-hydrogen) atoms. The summed E-state index contributed by atoms with van der Waals surface area (Å²) >= 11 is 0. The van der Waals surface area contributed by atoms with E-state index in [9.17, 15) is 0 Å². The van der Waals surface area contributed by atoms with Gasteiger partial charge in [-0.3, -0.25) is 0 Å². The van der Waals surface area contributed by atoms with Crippen LogP contribution in [0.4, 0.5) is 0 Å². The van der Waals surface area contributed by atoms with E-state index in [0.717, 1.165) is 5.92 Å². The van der Waals surface area contributed by atoms with Gasteiger partial charge in [-0.05, 0) is 36.4 Å². The molecule has 0 spiro atoms. The van der Waals surface area contributed by atoms with Gasteiger partial charge in [0.25, 0.3) is 0 Å². The first kappa shape index (κ1) is 9.72. The molecule has 0 bridgehead atoms. The normalized spacial score (nSPS) is 20.9. The number of rotatable bonds is 3. The van der Waals surface area contributed by atoms with Crippen molar-refractivity contribution >= 4 is 0 Å². The molecule has 1 aliphatic rings. The van der Waals surface area contributed by atoms with Crippen LogP contribution in [0.2, 0.25) is 0 Å². The second-order valence-corrected chi connectivity index (χ2v) is 4.64. The highest BCUT2D eigenvalue weighted by atomic mass is 15.0. The van der Waals surface area contributed by atoms with Crippen LogP contribution in [0.3, 0.4) is 0 Å². The molecule has 1 nitrogen and oxygen atoms in total. The molecule has 1 heterocycles. The SMILES string of the molecule is CC(C)Cc1cccc([C@H]2CCN2)c1. The van der Waals surface area contributed by atoms with E-state index in [-0.39, 0.29) is 0 Å². The topological polar surface area (TPSA) is 12.0 Å². The molecular formula is C13H19N. The summed E-state index contributed by atoms with van der Waals surface area (Å²) in [5, 5.41) is 3.44. The summed E-state index contributed by atoms with van der Waals surface area (Å²) < 4.78 is 0. The lowest BCUT2D eigenvalue weighted by atomic mass is 9.94. The van der Waals surface area contributed by atoms with E-state index in [1.807, 2.05) is 0 Å². The Hall–Kier alpha value is -0.820. The number of hydrogen-bond donors (Lipinski definition) is 1. The lowest BCUT2D eigenvalue weighted by Crippen LogP contribution is -2.34. The van der Waals surface area contributed by atoms with Crippen LogP contribution in [0.1, 0.15) is 37.4 Å². The molecule has 1 atom stereocenters. The predicted molar refractivity (Wildman–Crippen MR) is 60.3 cm³/mol. The second kappa shape index (κ2) is 4.14. The average molecular weight is 189 g/mol. The summed E-state index contributed by atoms with van der Waals surface area (Å²) in [5.41, 5.74) is 2.94. The van der Waals surface area contributed by atoms with Crippen molar-refractivity contribution in [3.05, 3.63) is 35.4 Å². The zero-order valence-electron chi connectivity index (χ0n) is 9.09. The van der Waals surface area contributed by atoms with Crippen molar-refractivity contribution in [3.8, 4) is 0 Å². The van der Waals surface area contributed by atoms with Gasteiger partial charge in [0, 0.05) is 6.04 Å². The van der Waals surface area contributed by atoms with Crippen LogP contribution < -0.4 is 5.32 Å². The van der Waals surface area contributed by atoms with Gasteiger partial charge in [-0.15, -0.1) is 0 Å². The molecule has 1 aliphatic heterocycles. The summed E-state index contributed by atoms with van der Waals surface area (Å²) in [6.45, 7) is 5.72. The molecule has 0 unspecified atom stereocenters. The fourth-order valence-corrected chi connectivity index (χ4v) is 1.98. The Morgan fingerprint density at radius 2 is 2.21 bits per heavy atom. The fraction of sp³-hybridized carbons (Fsp3) is 0.538. The molecule has 2 rings (SSSR count). The number of nitrogens with one attached hydrogen (secondary N) is 1. The van der Waals surface area contributed by atoms with Crippen LogP contribution in [-0.4, -0.2) is 6.54 Å². The van der Waals surface area contributed by atoms with E-state index in [1.54, 1.807) is 0 Å². The molecule has 1 aromatic rings. The van der Waals surface area contributed by atoms with Crippen LogP contribution in [0.15, 0.2) is 24.3 Å². The van der Waals surface area contributed by atoms with Crippen molar-refractivity contribution in [2.75, 3.05) is 6.54 Å². The first-order chi connectivity index (χ1) is 6.75. The molecule has 76 valence electrons. The lowest BCUT2D eigenvalue weighted by Gasteiger charge is -2.28. The highest BCUT2D eigenvalue weighted by Crippen LogP contribution is 2.23. The molecular weight excluding hydrogens is 170 g/mol. The van der Waals surface area contributed by atoms with Gasteiger partial charge in [0.2, 0.25) is 0 Å². The maximum absolute atomic E-state index is 3.44. The minimum Gasteiger partial charge on any atom is -0.310 e. The average Bonchev–Trinajstić information content (AvgIpc) is 1.99. The number of hydrogen-bond acceptors (Lipinski definition) is 1. The first-order valence-electron chi connectivity index (χ1n) is 5.58. The molecule has 0 aliphatic carbocycles. The predicted octanol–water partition coefficient (Wildman–Crippen LogP) is 2.92. The fourth-order valence-electron chi connectivity index (χ4n) is 1.98. The molecule has 0 aromatic heterocycles. The highest BCUT2D eigenvalue weighted by Gasteiger charge is 2.18. The van der Waals surface area contributed by atoms with Gasteiger partial charge >= 0.3 is 0 Å². The zero-order chi connectivity index (χ0) is 9.97. The third-order valence-electron chi connectivity index (χ3n) is 2.82. The smallest absolute Gasteiger partial charge is 0.0332 e. The molecule has 0 saturated carbocycles. The van der Waals surface area contributed by atoms with Crippen LogP contribution in [-0.2, 0) is 6.42 Å². The Balaban J connectivity index is 2.09. The third kappa shape index (κ3) is 2.16. The van der Waals surface area contributed by atoms with Crippen LogP contribution >= 0.6 is 0 Å². The minimum atomic E-state index is 0.627.